The van der Waals surface area contributed by atoms with Crippen molar-refractivity contribution in [3.05, 3.63) is 42.7 Å². The largest absolute Gasteiger partial charge is 0.348 e. The predicted octanol–water partition coefficient (Wildman–Crippen LogP) is 1.26. The molecule has 3 heteroatoms. The van der Waals surface area contributed by atoms with Gasteiger partial charge in [-0.25, -0.2) is 4.98 Å². The molecular formula is C8H9N3. The van der Waals surface area contributed by atoms with Gasteiger partial charge in [0.15, 0.2) is 0 Å². The molecule has 1 N–H and O–H groups in total. The number of imidazole rings is 1. The fourth-order valence-corrected chi connectivity index (χ4v) is 1.04. The minimum atomic E-state index is 0.868. The number of nitrogens with zero attached hydrogens (tertiary/aromatic N) is 2. The fraction of sp³-hybridized carbons (Fsp3) is 0.125. The molecule has 0 atom stereocenters. The highest BCUT2D eigenvalue weighted by Gasteiger charge is 1.92. The van der Waals surface area contributed by atoms with Crippen molar-refractivity contribution in [2.24, 2.45) is 0 Å². The van der Waals surface area contributed by atoms with Gasteiger partial charge in [0.05, 0.1) is 18.6 Å². The Morgan fingerprint density at radius 2 is 2.18 bits per heavy atom. The zero-order chi connectivity index (χ0) is 7.52. The molecule has 0 aliphatic heterocycles. The summed E-state index contributed by atoms with van der Waals surface area (Å²) in [6.07, 6.45) is 7.58. The average Bonchev–Trinajstić information content (AvgIpc) is 2.60. The molecule has 0 spiro atoms. The molecule has 0 saturated carbocycles. The van der Waals surface area contributed by atoms with E-state index in [2.05, 4.69) is 14.5 Å². The number of hydrogen-bond acceptors (Lipinski definition) is 1. The second-order valence-electron chi connectivity index (χ2n) is 2.43. The van der Waals surface area contributed by atoms with E-state index < -0.39 is 0 Å². The van der Waals surface area contributed by atoms with Crippen LogP contribution in [0.1, 0.15) is 5.69 Å². The third kappa shape index (κ3) is 1.32. The van der Waals surface area contributed by atoms with E-state index in [4.69, 9.17) is 0 Å². The summed E-state index contributed by atoms with van der Waals surface area (Å²) >= 11 is 0. The molecule has 0 unspecified atom stereocenters. The molecule has 0 bridgehead atoms. The summed E-state index contributed by atoms with van der Waals surface area (Å²) in [5.74, 6) is 0. The Morgan fingerprint density at radius 1 is 1.36 bits per heavy atom. The lowest BCUT2D eigenvalue weighted by molar-refractivity contribution is 0.786. The monoisotopic (exact) mass is 147 g/mol. The number of rotatable bonds is 2. The highest BCUT2D eigenvalue weighted by atomic mass is 15.0. The van der Waals surface area contributed by atoms with Crippen LogP contribution in [-0.4, -0.2) is 14.5 Å². The molecule has 2 rings (SSSR count). The van der Waals surface area contributed by atoms with Gasteiger partial charge in [0.1, 0.15) is 0 Å². The van der Waals surface area contributed by atoms with Gasteiger partial charge in [-0.3, -0.25) is 0 Å². The SMILES string of the molecule is c1ccn(Cc2cnc[nH]2)c1. The molecule has 56 valence electrons. The van der Waals surface area contributed by atoms with Crippen molar-refractivity contribution in [3.63, 3.8) is 0 Å². The van der Waals surface area contributed by atoms with Crippen molar-refractivity contribution in [1.82, 2.24) is 14.5 Å². The number of hydrogen-bond donors (Lipinski definition) is 1. The fourth-order valence-electron chi connectivity index (χ4n) is 1.04. The number of aromatic nitrogens is 3. The average molecular weight is 147 g/mol. The van der Waals surface area contributed by atoms with Crippen molar-refractivity contribution >= 4 is 0 Å². The minimum Gasteiger partial charge on any atom is -0.348 e. The Balaban J connectivity index is 2.14. The maximum absolute atomic E-state index is 3.93. The van der Waals surface area contributed by atoms with Crippen LogP contribution in [0.4, 0.5) is 0 Å². The number of aromatic amines is 1. The minimum absolute atomic E-state index is 0.868. The maximum atomic E-state index is 3.93. The Hall–Kier alpha value is -1.51. The summed E-state index contributed by atoms with van der Waals surface area (Å²) in [6, 6.07) is 4.02. The summed E-state index contributed by atoms with van der Waals surface area (Å²) in [5.41, 5.74) is 1.13. The van der Waals surface area contributed by atoms with E-state index >= 15 is 0 Å². The van der Waals surface area contributed by atoms with Crippen LogP contribution in [0.5, 0.6) is 0 Å². The van der Waals surface area contributed by atoms with Gasteiger partial charge in [0.2, 0.25) is 0 Å². The van der Waals surface area contributed by atoms with E-state index in [-0.39, 0.29) is 0 Å². The van der Waals surface area contributed by atoms with Crippen LogP contribution < -0.4 is 0 Å². The van der Waals surface area contributed by atoms with Crippen molar-refractivity contribution in [2.75, 3.05) is 0 Å². The predicted molar refractivity (Wildman–Crippen MR) is 42.1 cm³/mol. The smallest absolute Gasteiger partial charge is 0.0922 e. The Labute approximate surface area is 64.7 Å². The highest BCUT2D eigenvalue weighted by Crippen LogP contribution is 1.96. The van der Waals surface area contributed by atoms with Gasteiger partial charge in [0, 0.05) is 18.6 Å². The summed E-state index contributed by atoms with van der Waals surface area (Å²) < 4.78 is 2.09. The first-order chi connectivity index (χ1) is 5.45. The van der Waals surface area contributed by atoms with Crippen LogP contribution >= 0.6 is 0 Å². The molecule has 0 amide bonds. The second kappa shape index (κ2) is 2.62. The zero-order valence-corrected chi connectivity index (χ0v) is 6.07. The normalized spacial score (nSPS) is 10.2. The van der Waals surface area contributed by atoms with E-state index in [0.717, 1.165) is 12.2 Å². The molecule has 0 fully saturated rings. The molecule has 0 aromatic carbocycles. The van der Waals surface area contributed by atoms with Crippen LogP contribution in [-0.2, 0) is 6.54 Å². The summed E-state index contributed by atoms with van der Waals surface area (Å²) in [5, 5.41) is 0. The third-order valence-corrected chi connectivity index (χ3v) is 1.57. The van der Waals surface area contributed by atoms with Gasteiger partial charge in [-0.2, -0.15) is 0 Å². The molecule has 0 aliphatic carbocycles. The van der Waals surface area contributed by atoms with Crippen molar-refractivity contribution in [1.29, 1.82) is 0 Å². The van der Waals surface area contributed by atoms with E-state index in [1.165, 1.54) is 0 Å². The standard InChI is InChI=1S/C8H9N3/c1-2-4-11(3-1)6-8-5-9-7-10-8/h1-5,7H,6H2,(H,9,10). The van der Waals surface area contributed by atoms with E-state index in [9.17, 15) is 0 Å². The topological polar surface area (TPSA) is 33.6 Å². The quantitative estimate of drug-likeness (QED) is 0.681. The molecule has 2 heterocycles. The molecule has 0 aliphatic rings. The molecule has 2 aromatic rings. The summed E-state index contributed by atoms with van der Waals surface area (Å²) in [4.78, 5) is 6.98. The molecule has 3 nitrogen and oxygen atoms in total. The van der Waals surface area contributed by atoms with Crippen molar-refractivity contribution in [2.45, 2.75) is 6.54 Å². The molecule has 0 saturated heterocycles. The van der Waals surface area contributed by atoms with Crippen LogP contribution in [0.2, 0.25) is 0 Å². The van der Waals surface area contributed by atoms with Crippen LogP contribution in [0.3, 0.4) is 0 Å². The van der Waals surface area contributed by atoms with Gasteiger partial charge in [-0.05, 0) is 12.1 Å². The summed E-state index contributed by atoms with van der Waals surface area (Å²) in [7, 11) is 0. The molecular weight excluding hydrogens is 138 g/mol. The van der Waals surface area contributed by atoms with E-state index in [1.54, 1.807) is 6.33 Å². The van der Waals surface area contributed by atoms with E-state index in [0.29, 0.717) is 0 Å². The Kier molecular flexibility index (Phi) is 1.48. The first-order valence-corrected chi connectivity index (χ1v) is 3.53. The van der Waals surface area contributed by atoms with Crippen molar-refractivity contribution < 1.29 is 0 Å². The Morgan fingerprint density at radius 3 is 2.82 bits per heavy atom. The third-order valence-electron chi connectivity index (χ3n) is 1.57. The molecule has 2 aromatic heterocycles. The number of H-pyrrole nitrogens is 1. The molecule has 11 heavy (non-hydrogen) atoms. The number of nitrogens with one attached hydrogen (secondary N) is 1. The summed E-state index contributed by atoms with van der Waals surface area (Å²) in [6.45, 7) is 0.868. The van der Waals surface area contributed by atoms with Crippen LogP contribution in [0.25, 0.3) is 0 Å². The van der Waals surface area contributed by atoms with Gasteiger partial charge in [-0.15, -0.1) is 0 Å². The lowest BCUT2D eigenvalue weighted by Gasteiger charge is -1.97. The Bertz CT molecular complexity index is 262. The van der Waals surface area contributed by atoms with Crippen LogP contribution in [0, 0.1) is 0 Å². The van der Waals surface area contributed by atoms with Crippen LogP contribution in [0.15, 0.2) is 37.1 Å². The highest BCUT2D eigenvalue weighted by molar-refractivity contribution is 4.99. The lowest BCUT2D eigenvalue weighted by Crippen LogP contribution is -1.95. The molecule has 0 radical (unpaired) electrons. The zero-order valence-electron chi connectivity index (χ0n) is 6.07. The second-order valence-corrected chi connectivity index (χ2v) is 2.43. The first-order valence-electron chi connectivity index (χ1n) is 3.53. The maximum Gasteiger partial charge on any atom is 0.0922 e. The first kappa shape index (κ1) is 6.22. The lowest BCUT2D eigenvalue weighted by atomic mass is 10.5. The van der Waals surface area contributed by atoms with Crippen molar-refractivity contribution in [3.8, 4) is 0 Å². The van der Waals surface area contributed by atoms with Gasteiger partial charge >= 0.3 is 0 Å². The van der Waals surface area contributed by atoms with Gasteiger partial charge < -0.3 is 9.55 Å². The van der Waals surface area contributed by atoms with Gasteiger partial charge in [-0.1, -0.05) is 0 Å². The van der Waals surface area contributed by atoms with Gasteiger partial charge in [0.25, 0.3) is 0 Å². The van der Waals surface area contributed by atoms with E-state index in [1.807, 2.05) is 30.7 Å².